The van der Waals surface area contributed by atoms with Gasteiger partial charge in [0.05, 0.1) is 23.6 Å². The summed E-state index contributed by atoms with van der Waals surface area (Å²) in [4.78, 5) is 10.3. The Labute approximate surface area is 144 Å². The third-order valence-corrected chi connectivity index (χ3v) is 5.14. The largest absolute Gasteiger partial charge is 0.424 e. The van der Waals surface area contributed by atoms with E-state index >= 15 is 0 Å². The normalized spacial score (nSPS) is 21.9. The van der Waals surface area contributed by atoms with Crippen LogP contribution in [-0.2, 0) is 6.54 Å². The lowest BCUT2D eigenvalue weighted by atomic mass is 10.0. The Bertz CT molecular complexity index is 900. The first-order valence-electron chi connectivity index (χ1n) is 8.98. The predicted molar refractivity (Wildman–Crippen MR) is 89.3 cm³/mol. The monoisotopic (exact) mass is 341 g/mol. The van der Waals surface area contributed by atoms with Crippen molar-refractivity contribution in [2.24, 2.45) is 0 Å². The molecule has 5 rings (SSSR count). The summed E-state index contributed by atoms with van der Waals surface area (Å²) in [7, 11) is 0. The zero-order valence-electron chi connectivity index (χ0n) is 13.9. The molecule has 3 aromatic rings. The second-order valence-electron chi connectivity index (χ2n) is 7.07. The van der Waals surface area contributed by atoms with Crippen molar-refractivity contribution in [2.75, 3.05) is 6.54 Å². The number of hydrogen-bond acceptors (Lipinski definition) is 5. The summed E-state index contributed by atoms with van der Waals surface area (Å²) in [5.41, 5.74) is 1.55. The first-order valence-corrected chi connectivity index (χ1v) is 8.98. The van der Waals surface area contributed by atoms with Crippen LogP contribution in [0, 0.1) is 5.82 Å². The molecule has 0 spiro atoms. The minimum atomic E-state index is -0.248. The lowest BCUT2D eigenvalue weighted by Gasteiger charge is -2.33. The van der Waals surface area contributed by atoms with Gasteiger partial charge in [0, 0.05) is 5.92 Å². The molecule has 7 heteroatoms. The van der Waals surface area contributed by atoms with E-state index in [2.05, 4.69) is 25.1 Å². The summed E-state index contributed by atoms with van der Waals surface area (Å²) < 4.78 is 19.3. The highest BCUT2D eigenvalue weighted by atomic mass is 19.1. The fourth-order valence-corrected chi connectivity index (χ4v) is 3.65. The number of halogens is 1. The molecule has 130 valence electrons. The molecule has 1 saturated heterocycles. The number of aromatic nitrogens is 4. The highest BCUT2D eigenvalue weighted by Crippen LogP contribution is 2.39. The summed E-state index contributed by atoms with van der Waals surface area (Å²) in [6.45, 7) is 1.60. The van der Waals surface area contributed by atoms with Gasteiger partial charge in [0.1, 0.15) is 11.6 Å². The van der Waals surface area contributed by atoms with Gasteiger partial charge in [0.15, 0.2) is 0 Å². The molecule has 2 aromatic heterocycles. The van der Waals surface area contributed by atoms with Gasteiger partial charge in [-0.25, -0.2) is 9.37 Å². The Kier molecular flexibility index (Phi) is 3.55. The first-order chi connectivity index (χ1) is 12.3. The molecule has 1 aliphatic heterocycles. The molecule has 6 nitrogen and oxygen atoms in total. The number of likely N-dealkylation sites (tertiary alicyclic amines) is 1. The van der Waals surface area contributed by atoms with Crippen LogP contribution in [0.15, 0.2) is 22.6 Å². The third kappa shape index (κ3) is 2.93. The molecule has 1 N–H and O–H groups in total. The van der Waals surface area contributed by atoms with E-state index in [-0.39, 0.29) is 11.9 Å². The predicted octanol–water partition coefficient (Wildman–Crippen LogP) is 3.69. The zero-order chi connectivity index (χ0) is 16.8. The van der Waals surface area contributed by atoms with Crippen molar-refractivity contribution < 1.29 is 8.81 Å². The van der Waals surface area contributed by atoms with E-state index in [1.165, 1.54) is 12.1 Å². The van der Waals surface area contributed by atoms with Crippen molar-refractivity contribution in [3.05, 3.63) is 41.6 Å². The Hall–Kier alpha value is -2.28. The molecule has 0 amide bonds. The molecule has 0 radical (unpaired) electrons. The molecule has 0 bridgehead atoms. The van der Waals surface area contributed by atoms with Gasteiger partial charge in [-0.1, -0.05) is 6.42 Å². The molecular formula is C18H20FN5O. The summed E-state index contributed by atoms with van der Waals surface area (Å²) in [5, 5.41) is 8.39. The number of rotatable bonds is 4. The maximum atomic E-state index is 13.4. The van der Waals surface area contributed by atoms with Crippen LogP contribution in [0.5, 0.6) is 0 Å². The number of benzene rings is 1. The molecule has 1 aliphatic carbocycles. The van der Waals surface area contributed by atoms with Crippen molar-refractivity contribution in [3.63, 3.8) is 0 Å². The van der Waals surface area contributed by atoms with Crippen molar-refractivity contribution in [2.45, 2.75) is 50.6 Å². The number of imidazole rings is 1. The van der Waals surface area contributed by atoms with E-state index in [0.29, 0.717) is 18.4 Å². The van der Waals surface area contributed by atoms with Gasteiger partial charge in [-0.05, 0) is 50.4 Å². The van der Waals surface area contributed by atoms with Crippen LogP contribution in [0.2, 0.25) is 0 Å². The quantitative estimate of drug-likeness (QED) is 0.784. The van der Waals surface area contributed by atoms with Crippen molar-refractivity contribution in [1.29, 1.82) is 0 Å². The van der Waals surface area contributed by atoms with Crippen molar-refractivity contribution in [1.82, 2.24) is 25.1 Å². The number of piperidine rings is 1. The molecule has 25 heavy (non-hydrogen) atoms. The van der Waals surface area contributed by atoms with Crippen LogP contribution in [-0.4, -0.2) is 31.6 Å². The van der Waals surface area contributed by atoms with E-state index in [4.69, 9.17) is 4.42 Å². The smallest absolute Gasteiger partial charge is 0.230 e. The molecule has 1 atom stereocenters. The van der Waals surface area contributed by atoms with E-state index in [0.717, 1.165) is 61.4 Å². The molecule has 2 aliphatic rings. The summed E-state index contributed by atoms with van der Waals surface area (Å²) in [6, 6.07) is 4.83. The van der Waals surface area contributed by atoms with Crippen LogP contribution < -0.4 is 0 Å². The average molecular weight is 341 g/mol. The third-order valence-electron chi connectivity index (χ3n) is 5.14. The summed E-state index contributed by atoms with van der Waals surface area (Å²) in [6.07, 6.45) is 5.64. The van der Waals surface area contributed by atoms with Crippen LogP contribution in [0.25, 0.3) is 11.0 Å². The maximum absolute atomic E-state index is 13.4. The number of aromatic amines is 1. The van der Waals surface area contributed by atoms with Crippen LogP contribution in [0.1, 0.15) is 61.7 Å². The number of hydrogen-bond donors (Lipinski definition) is 1. The lowest BCUT2D eigenvalue weighted by molar-refractivity contribution is 0.122. The van der Waals surface area contributed by atoms with Crippen molar-refractivity contribution >= 4 is 11.0 Å². The number of nitrogens with one attached hydrogen (secondary N) is 1. The minimum absolute atomic E-state index is 0.167. The standard InChI is InChI=1S/C18H20FN5O/c19-12-6-7-13-14(9-12)21-17(20-13)15-3-1-2-8-24(15)10-16-22-23-18(25-16)11-4-5-11/h6-7,9,11,15H,1-5,8,10H2,(H,20,21). The highest BCUT2D eigenvalue weighted by molar-refractivity contribution is 5.75. The number of nitrogens with zero attached hydrogens (tertiary/aromatic N) is 4. The molecule has 3 heterocycles. The van der Waals surface area contributed by atoms with Gasteiger partial charge in [0.25, 0.3) is 0 Å². The van der Waals surface area contributed by atoms with E-state index in [1.807, 2.05) is 0 Å². The molecule has 1 saturated carbocycles. The van der Waals surface area contributed by atoms with E-state index in [1.54, 1.807) is 6.07 Å². The second-order valence-corrected chi connectivity index (χ2v) is 7.07. The van der Waals surface area contributed by atoms with Crippen LogP contribution in [0.4, 0.5) is 4.39 Å². The van der Waals surface area contributed by atoms with Gasteiger partial charge in [-0.2, -0.15) is 0 Å². The highest BCUT2D eigenvalue weighted by Gasteiger charge is 2.31. The average Bonchev–Trinajstić information content (AvgIpc) is 3.22. The van der Waals surface area contributed by atoms with Gasteiger partial charge < -0.3 is 9.40 Å². The number of fused-ring (bicyclic) bond motifs is 1. The summed E-state index contributed by atoms with van der Waals surface area (Å²) >= 11 is 0. The fourth-order valence-electron chi connectivity index (χ4n) is 3.65. The zero-order valence-corrected chi connectivity index (χ0v) is 13.9. The van der Waals surface area contributed by atoms with Gasteiger partial charge >= 0.3 is 0 Å². The molecule has 2 fully saturated rings. The SMILES string of the molecule is Fc1ccc2nc(C3CCCCN3Cc3nnc(C4CC4)o3)[nH]c2c1. The Morgan fingerprint density at radius 2 is 2.12 bits per heavy atom. The van der Waals surface area contributed by atoms with Gasteiger partial charge in [0.2, 0.25) is 11.8 Å². The van der Waals surface area contributed by atoms with Crippen molar-refractivity contribution in [3.8, 4) is 0 Å². The van der Waals surface area contributed by atoms with Gasteiger partial charge in [-0.15, -0.1) is 10.2 Å². The Morgan fingerprint density at radius 1 is 1.20 bits per heavy atom. The Balaban J connectivity index is 1.40. The van der Waals surface area contributed by atoms with E-state index in [9.17, 15) is 4.39 Å². The topological polar surface area (TPSA) is 70.8 Å². The first kappa shape index (κ1) is 15.0. The Morgan fingerprint density at radius 3 is 3.00 bits per heavy atom. The van der Waals surface area contributed by atoms with E-state index < -0.39 is 0 Å². The lowest BCUT2D eigenvalue weighted by Crippen LogP contribution is -2.33. The van der Waals surface area contributed by atoms with Crippen LogP contribution in [0.3, 0.4) is 0 Å². The summed E-state index contributed by atoms with van der Waals surface area (Å²) in [5.74, 6) is 2.58. The molecule has 1 aromatic carbocycles. The molecule has 1 unspecified atom stereocenters. The number of H-pyrrole nitrogens is 1. The second kappa shape index (κ2) is 5.91. The van der Waals surface area contributed by atoms with Crippen LogP contribution >= 0.6 is 0 Å². The molecular weight excluding hydrogens is 321 g/mol. The van der Waals surface area contributed by atoms with Gasteiger partial charge in [-0.3, -0.25) is 4.90 Å². The minimum Gasteiger partial charge on any atom is -0.424 e. The fraction of sp³-hybridized carbons (Fsp3) is 0.500. The maximum Gasteiger partial charge on any atom is 0.230 e.